The van der Waals surface area contributed by atoms with Crippen LogP contribution in [0.2, 0.25) is 10.0 Å². The maximum atomic E-state index is 12.4. The topological polar surface area (TPSA) is 74.0 Å². The first-order valence-electron chi connectivity index (χ1n) is 11.4. The molecule has 2 saturated heterocycles. The summed E-state index contributed by atoms with van der Waals surface area (Å²) in [6.45, 7) is 7.14. The molecule has 1 aromatic carbocycles. The highest BCUT2D eigenvalue weighted by Gasteiger charge is 2.48. The van der Waals surface area contributed by atoms with E-state index in [1.807, 2.05) is 20.8 Å². The van der Waals surface area contributed by atoms with E-state index in [1.165, 1.54) is 0 Å². The summed E-state index contributed by atoms with van der Waals surface area (Å²) in [5.41, 5.74) is 0.982. The van der Waals surface area contributed by atoms with Crippen molar-refractivity contribution in [2.45, 2.75) is 69.9 Å². The molecule has 1 spiro atoms. The number of carbonyl (C=O) groups excluding carboxylic acids is 1. The maximum absolute atomic E-state index is 12.4. The molecular formula is C24H28Cl2N2O5. The van der Waals surface area contributed by atoms with Crippen molar-refractivity contribution in [3.8, 4) is 11.3 Å². The van der Waals surface area contributed by atoms with Gasteiger partial charge in [-0.15, -0.1) is 0 Å². The Morgan fingerprint density at radius 2 is 1.85 bits per heavy atom. The molecule has 0 bridgehead atoms. The van der Waals surface area contributed by atoms with E-state index in [2.05, 4.69) is 5.16 Å². The summed E-state index contributed by atoms with van der Waals surface area (Å²) in [4.78, 5) is 14.2. The molecule has 1 saturated carbocycles. The fourth-order valence-corrected chi connectivity index (χ4v) is 5.01. The molecule has 3 aliphatic rings. The number of halogens is 2. The van der Waals surface area contributed by atoms with Gasteiger partial charge in [0.15, 0.2) is 6.29 Å². The van der Waals surface area contributed by atoms with Gasteiger partial charge in [-0.05, 0) is 58.6 Å². The number of ether oxygens (including phenoxy) is 3. The molecule has 2 aliphatic heterocycles. The van der Waals surface area contributed by atoms with Gasteiger partial charge in [-0.3, -0.25) is 0 Å². The van der Waals surface area contributed by atoms with Crippen LogP contribution >= 0.6 is 23.2 Å². The predicted molar refractivity (Wildman–Crippen MR) is 123 cm³/mol. The highest BCUT2D eigenvalue weighted by molar-refractivity contribution is 6.39. The van der Waals surface area contributed by atoms with Crippen molar-refractivity contribution < 1.29 is 23.5 Å². The Labute approximate surface area is 203 Å². The number of carbonyl (C=O) groups is 1. The lowest BCUT2D eigenvalue weighted by atomic mass is 9.92. The number of aromatic nitrogens is 1. The van der Waals surface area contributed by atoms with E-state index in [0.717, 1.165) is 24.2 Å². The smallest absolute Gasteiger partial charge is 0.410 e. The molecule has 1 atom stereocenters. The zero-order valence-corrected chi connectivity index (χ0v) is 20.5. The number of likely N-dealkylation sites (tertiary alicyclic amines) is 1. The Hall–Kier alpha value is -1.80. The number of hydrogen-bond donors (Lipinski definition) is 0. The number of amides is 1. The number of hydrogen-bond acceptors (Lipinski definition) is 6. The first kappa shape index (κ1) is 23.0. The Kier molecular flexibility index (Phi) is 5.88. The van der Waals surface area contributed by atoms with E-state index < -0.39 is 17.5 Å². The highest BCUT2D eigenvalue weighted by atomic mass is 35.5. The lowest BCUT2D eigenvalue weighted by Crippen LogP contribution is -2.49. The minimum absolute atomic E-state index is 0.293. The molecule has 7 nitrogen and oxygen atoms in total. The summed E-state index contributed by atoms with van der Waals surface area (Å²) in [7, 11) is 0. The Morgan fingerprint density at radius 3 is 2.45 bits per heavy atom. The largest absolute Gasteiger partial charge is 0.444 e. The summed E-state index contributed by atoms with van der Waals surface area (Å²) in [5, 5.41) is 5.34. The van der Waals surface area contributed by atoms with Gasteiger partial charge in [0.2, 0.25) is 0 Å². The molecule has 1 aromatic heterocycles. The van der Waals surface area contributed by atoms with E-state index >= 15 is 0 Å². The average Bonchev–Trinajstić information content (AvgIpc) is 3.38. The highest BCUT2D eigenvalue weighted by Crippen LogP contribution is 2.51. The first-order valence-corrected chi connectivity index (χ1v) is 12.1. The van der Waals surface area contributed by atoms with Crippen LogP contribution in [0, 0.1) is 0 Å². The molecule has 9 heteroatoms. The van der Waals surface area contributed by atoms with Gasteiger partial charge in [0.1, 0.15) is 17.1 Å². The first-order chi connectivity index (χ1) is 15.7. The molecule has 3 heterocycles. The quantitative estimate of drug-likeness (QED) is 0.495. The van der Waals surface area contributed by atoms with Gasteiger partial charge < -0.3 is 23.6 Å². The van der Waals surface area contributed by atoms with E-state index in [4.69, 9.17) is 41.9 Å². The van der Waals surface area contributed by atoms with Crippen molar-refractivity contribution >= 4 is 29.3 Å². The van der Waals surface area contributed by atoms with Crippen molar-refractivity contribution in [1.29, 1.82) is 0 Å². The van der Waals surface area contributed by atoms with Gasteiger partial charge in [0, 0.05) is 24.6 Å². The molecule has 0 N–H and O–H groups in total. The van der Waals surface area contributed by atoms with Crippen molar-refractivity contribution in [3.05, 3.63) is 39.6 Å². The second-order valence-electron chi connectivity index (χ2n) is 10.1. The van der Waals surface area contributed by atoms with Crippen LogP contribution < -0.4 is 0 Å². The summed E-state index contributed by atoms with van der Waals surface area (Å²) in [6, 6.07) is 5.36. The molecule has 33 heavy (non-hydrogen) atoms. The van der Waals surface area contributed by atoms with E-state index in [1.54, 1.807) is 23.1 Å². The van der Waals surface area contributed by atoms with Gasteiger partial charge in [-0.2, -0.15) is 0 Å². The molecule has 2 aromatic rings. The Balaban J connectivity index is 1.36. The second kappa shape index (κ2) is 8.45. The third-order valence-electron chi connectivity index (χ3n) is 6.32. The fraction of sp³-hybridized carbons (Fsp3) is 0.583. The van der Waals surface area contributed by atoms with Crippen LogP contribution in [0.5, 0.6) is 0 Å². The zero-order valence-electron chi connectivity index (χ0n) is 19.0. The summed E-state index contributed by atoms with van der Waals surface area (Å²) in [5.74, 6) is 1.09. The standard InChI is InChI=1S/C24H28Cl2N2O5/c1-23(2,3)32-22(29)28-11-9-24(10-12-28)13-30-21(31-24)18-19(27-33-20(18)14-7-8-14)17-15(25)5-4-6-16(17)26/h4-6,14,21H,7-13H2,1-3H3. The fourth-order valence-electron chi connectivity index (χ4n) is 4.43. The molecule has 1 aliphatic carbocycles. The average molecular weight is 495 g/mol. The normalized spacial score (nSPS) is 22.7. The zero-order chi connectivity index (χ0) is 23.4. The lowest BCUT2D eigenvalue weighted by Gasteiger charge is -2.38. The van der Waals surface area contributed by atoms with Gasteiger partial charge in [0.05, 0.1) is 27.8 Å². The Morgan fingerprint density at radius 1 is 1.18 bits per heavy atom. The summed E-state index contributed by atoms with van der Waals surface area (Å²) in [6.07, 6.45) is 2.49. The summed E-state index contributed by atoms with van der Waals surface area (Å²) < 4.78 is 24.0. The predicted octanol–water partition coefficient (Wildman–Crippen LogP) is 6.34. The lowest BCUT2D eigenvalue weighted by molar-refractivity contribution is -0.109. The van der Waals surface area contributed by atoms with Crippen LogP contribution in [0.3, 0.4) is 0 Å². The third kappa shape index (κ3) is 4.61. The third-order valence-corrected chi connectivity index (χ3v) is 6.95. The van der Waals surface area contributed by atoms with Crippen LogP contribution in [0.15, 0.2) is 22.7 Å². The van der Waals surface area contributed by atoms with Crippen molar-refractivity contribution in [2.24, 2.45) is 0 Å². The maximum Gasteiger partial charge on any atom is 0.410 e. The van der Waals surface area contributed by atoms with E-state index in [0.29, 0.717) is 59.8 Å². The minimum atomic E-state index is -0.623. The second-order valence-corrected chi connectivity index (χ2v) is 10.9. The van der Waals surface area contributed by atoms with E-state index in [-0.39, 0.29) is 6.09 Å². The molecule has 1 unspecified atom stereocenters. The van der Waals surface area contributed by atoms with E-state index in [9.17, 15) is 4.79 Å². The van der Waals surface area contributed by atoms with Crippen LogP contribution in [0.25, 0.3) is 11.3 Å². The molecule has 3 fully saturated rings. The van der Waals surface area contributed by atoms with Crippen LogP contribution in [0.4, 0.5) is 4.79 Å². The minimum Gasteiger partial charge on any atom is -0.444 e. The summed E-state index contributed by atoms with van der Waals surface area (Å²) >= 11 is 13.0. The van der Waals surface area contributed by atoms with Gasteiger partial charge >= 0.3 is 6.09 Å². The van der Waals surface area contributed by atoms with Crippen molar-refractivity contribution in [2.75, 3.05) is 19.7 Å². The van der Waals surface area contributed by atoms with Crippen LogP contribution in [-0.4, -0.2) is 47.0 Å². The Bertz CT molecular complexity index is 1030. The molecule has 178 valence electrons. The van der Waals surface area contributed by atoms with Gasteiger partial charge in [0.25, 0.3) is 0 Å². The van der Waals surface area contributed by atoms with Gasteiger partial charge in [-0.25, -0.2) is 4.79 Å². The van der Waals surface area contributed by atoms with Crippen LogP contribution in [-0.2, 0) is 14.2 Å². The molecule has 0 radical (unpaired) electrons. The number of rotatable bonds is 3. The van der Waals surface area contributed by atoms with Crippen molar-refractivity contribution in [3.63, 3.8) is 0 Å². The van der Waals surface area contributed by atoms with Crippen molar-refractivity contribution in [1.82, 2.24) is 10.1 Å². The molecular weight excluding hydrogens is 467 g/mol. The molecule has 5 rings (SSSR count). The number of benzene rings is 1. The molecule has 1 amide bonds. The van der Waals surface area contributed by atoms with Gasteiger partial charge in [-0.1, -0.05) is 34.4 Å². The van der Waals surface area contributed by atoms with Crippen LogP contribution in [0.1, 0.15) is 70.0 Å². The monoisotopic (exact) mass is 494 g/mol. The SMILES string of the molecule is CC(C)(C)OC(=O)N1CCC2(CC1)COC(c1c(-c3c(Cl)cccc3Cl)noc1C1CC1)O2. The number of piperidine rings is 1. The number of nitrogens with zero attached hydrogens (tertiary/aromatic N) is 2.